The van der Waals surface area contributed by atoms with Gasteiger partial charge in [-0.3, -0.25) is 0 Å². The lowest BCUT2D eigenvalue weighted by atomic mass is 10.1. The zero-order valence-corrected chi connectivity index (χ0v) is 12.8. The Labute approximate surface area is 117 Å². The number of nitrogens with one attached hydrogen (secondary N) is 1. The van der Waals surface area contributed by atoms with Gasteiger partial charge in [0.05, 0.1) is 4.90 Å². The van der Waals surface area contributed by atoms with Crippen molar-refractivity contribution in [3.63, 3.8) is 0 Å². The Morgan fingerprint density at radius 1 is 1.35 bits per heavy atom. The standard InChI is InChI=1S/C10H15BrN2O2S.ClH/c1-10(2,7-12)13-16(14,15)9-6-4-3-5-8(9)11;/h3-6,13H,7,12H2,1-2H3;1H. The van der Waals surface area contributed by atoms with Crippen LogP contribution in [0.5, 0.6) is 0 Å². The molecule has 0 radical (unpaired) electrons. The molecule has 98 valence electrons. The Morgan fingerprint density at radius 2 is 1.88 bits per heavy atom. The van der Waals surface area contributed by atoms with Gasteiger partial charge in [-0.25, -0.2) is 13.1 Å². The summed E-state index contributed by atoms with van der Waals surface area (Å²) < 4.78 is 27.2. The molecule has 1 aromatic carbocycles. The summed E-state index contributed by atoms with van der Waals surface area (Å²) in [7, 11) is -3.54. The third-order valence-corrected chi connectivity index (χ3v) is 4.76. The van der Waals surface area contributed by atoms with E-state index in [1.165, 1.54) is 0 Å². The number of hydrogen-bond donors (Lipinski definition) is 2. The first-order chi connectivity index (χ1) is 7.28. The molecule has 0 aliphatic rings. The molecule has 4 nitrogen and oxygen atoms in total. The van der Waals surface area contributed by atoms with Crippen LogP contribution in [-0.4, -0.2) is 20.5 Å². The molecule has 0 unspecified atom stereocenters. The van der Waals surface area contributed by atoms with Crippen LogP contribution in [0.25, 0.3) is 0 Å². The number of sulfonamides is 1. The molecule has 0 bridgehead atoms. The van der Waals surface area contributed by atoms with E-state index in [0.717, 1.165) is 0 Å². The van der Waals surface area contributed by atoms with E-state index in [-0.39, 0.29) is 23.8 Å². The van der Waals surface area contributed by atoms with E-state index in [9.17, 15) is 8.42 Å². The summed E-state index contributed by atoms with van der Waals surface area (Å²) in [4.78, 5) is 0.219. The van der Waals surface area contributed by atoms with Gasteiger partial charge in [0, 0.05) is 16.6 Å². The number of halogens is 2. The number of nitrogens with two attached hydrogens (primary N) is 1. The van der Waals surface area contributed by atoms with Crippen LogP contribution in [0.15, 0.2) is 33.6 Å². The minimum atomic E-state index is -3.54. The normalized spacial score (nSPS) is 12.0. The first kappa shape index (κ1) is 16.9. The highest BCUT2D eigenvalue weighted by Gasteiger charge is 2.25. The van der Waals surface area contributed by atoms with Gasteiger partial charge in [0.15, 0.2) is 0 Å². The molecular formula is C10H16BrClN2O2S. The molecule has 0 aliphatic carbocycles. The Balaban J connectivity index is 0.00000256. The van der Waals surface area contributed by atoms with E-state index in [0.29, 0.717) is 4.47 Å². The van der Waals surface area contributed by atoms with E-state index in [1.54, 1.807) is 38.1 Å². The second-order valence-electron chi connectivity index (χ2n) is 4.12. The van der Waals surface area contributed by atoms with Gasteiger partial charge in [-0.05, 0) is 41.9 Å². The van der Waals surface area contributed by atoms with E-state index in [4.69, 9.17) is 5.73 Å². The molecule has 0 saturated carbocycles. The average molecular weight is 344 g/mol. The van der Waals surface area contributed by atoms with Crippen LogP contribution in [-0.2, 0) is 10.0 Å². The van der Waals surface area contributed by atoms with Gasteiger partial charge in [-0.15, -0.1) is 12.4 Å². The van der Waals surface area contributed by atoms with Crippen molar-refractivity contribution < 1.29 is 8.42 Å². The highest BCUT2D eigenvalue weighted by atomic mass is 79.9. The maximum absolute atomic E-state index is 12.0. The zero-order chi connectivity index (χ0) is 12.4. The molecule has 0 spiro atoms. The van der Waals surface area contributed by atoms with Crippen LogP contribution in [0, 0.1) is 0 Å². The van der Waals surface area contributed by atoms with Crippen LogP contribution >= 0.6 is 28.3 Å². The van der Waals surface area contributed by atoms with Gasteiger partial charge < -0.3 is 5.73 Å². The summed E-state index contributed by atoms with van der Waals surface area (Å²) >= 11 is 3.21. The number of benzene rings is 1. The third kappa shape index (κ3) is 4.56. The van der Waals surface area contributed by atoms with Crippen molar-refractivity contribution in [3.05, 3.63) is 28.7 Å². The van der Waals surface area contributed by atoms with Gasteiger partial charge >= 0.3 is 0 Å². The van der Waals surface area contributed by atoms with Gasteiger partial charge in [0.1, 0.15) is 0 Å². The van der Waals surface area contributed by atoms with Gasteiger partial charge in [0.25, 0.3) is 0 Å². The maximum Gasteiger partial charge on any atom is 0.242 e. The first-order valence-corrected chi connectivity index (χ1v) is 7.05. The van der Waals surface area contributed by atoms with Crippen LogP contribution in [0.3, 0.4) is 0 Å². The molecule has 1 aromatic rings. The molecule has 1 rings (SSSR count). The highest BCUT2D eigenvalue weighted by molar-refractivity contribution is 9.10. The maximum atomic E-state index is 12.0. The summed E-state index contributed by atoms with van der Waals surface area (Å²) in [6.07, 6.45) is 0. The second-order valence-corrected chi connectivity index (χ2v) is 6.63. The van der Waals surface area contributed by atoms with Crippen LogP contribution < -0.4 is 10.5 Å². The van der Waals surface area contributed by atoms with Gasteiger partial charge in [-0.2, -0.15) is 0 Å². The zero-order valence-electron chi connectivity index (χ0n) is 9.60. The molecule has 0 atom stereocenters. The summed E-state index contributed by atoms with van der Waals surface area (Å²) in [5, 5.41) is 0. The molecule has 7 heteroatoms. The minimum absolute atomic E-state index is 0. The molecule has 3 N–H and O–H groups in total. The molecule has 0 amide bonds. The Bertz CT molecular complexity index is 477. The van der Waals surface area contributed by atoms with E-state index < -0.39 is 15.6 Å². The van der Waals surface area contributed by atoms with Crippen LogP contribution in [0.4, 0.5) is 0 Å². The molecular weight excluding hydrogens is 328 g/mol. The fourth-order valence-corrected chi connectivity index (χ4v) is 3.55. The molecule has 0 aromatic heterocycles. The van der Waals surface area contributed by atoms with Crippen molar-refractivity contribution in [3.8, 4) is 0 Å². The van der Waals surface area contributed by atoms with Crippen LogP contribution in [0.2, 0.25) is 0 Å². The summed E-state index contributed by atoms with van der Waals surface area (Å²) in [5.41, 5.74) is 4.83. The smallest absolute Gasteiger partial charge is 0.242 e. The predicted octanol–water partition coefficient (Wildman–Crippen LogP) is 1.89. The predicted molar refractivity (Wildman–Crippen MR) is 74.8 cm³/mol. The second kappa shape index (κ2) is 6.15. The first-order valence-electron chi connectivity index (χ1n) is 4.77. The SMILES string of the molecule is CC(C)(CN)NS(=O)(=O)c1ccccc1Br.Cl. The number of rotatable bonds is 4. The molecule has 0 saturated heterocycles. The van der Waals surface area contributed by atoms with Crippen molar-refractivity contribution in [2.45, 2.75) is 24.3 Å². The summed E-state index contributed by atoms with van der Waals surface area (Å²) in [5.74, 6) is 0. The molecule has 0 aliphatic heterocycles. The lowest BCUT2D eigenvalue weighted by molar-refractivity contribution is 0.462. The number of hydrogen-bond acceptors (Lipinski definition) is 3. The minimum Gasteiger partial charge on any atom is -0.329 e. The average Bonchev–Trinajstić information content (AvgIpc) is 2.16. The molecule has 0 fully saturated rings. The van der Waals surface area contributed by atoms with E-state index in [1.807, 2.05) is 0 Å². The Hall–Kier alpha value is -0.140. The largest absolute Gasteiger partial charge is 0.329 e. The third-order valence-electron chi connectivity index (χ3n) is 2.05. The monoisotopic (exact) mass is 342 g/mol. The quantitative estimate of drug-likeness (QED) is 0.877. The fourth-order valence-electron chi connectivity index (χ4n) is 1.12. The van der Waals surface area contributed by atoms with Crippen molar-refractivity contribution in [2.24, 2.45) is 5.73 Å². The van der Waals surface area contributed by atoms with Crippen molar-refractivity contribution in [2.75, 3.05) is 6.54 Å². The van der Waals surface area contributed by atoms with E-state index in [2.05, 4.69) is 20.7 Å². The molecule has 17 heavy (non-hydrogen) atoms. The highest BCUT2D eigenvalue weighted by Crippen LogP contribution is 2.22. The lowest BCUT2D eigenvalue weighted by Crippen LogP contribution is -2.48. The van der Waals surface area contributed by atoms with Crippen molar-refractivity contribution in [1.82, 2.24) is 4.72 Å². The molecule has 0 heterocycles. The van der Waals surface area contributed by atoms with E-state index >= 15 is 0 Å². The van der Waals surface area contributed by atoms with Gasteiger partial charge in [-0.1, -0.05) is 12.1 Å². The van der Waals surface area contributed by atoms with Crippen molar-refractivity contribution >= 4 is 38.4 Å². The van der Waals surface area contributed by atoms with Crippen LogP contribution in [0.1, 0.15) is 13.8 Å². The lowest BCUT2D eigenvalue weighted by Gasteiger charge is -2.24. The van der Waals surface area contributed by atoms with Gasteiger partial charge in [0.2, 0.25) is 10.0 Å². The Morgan fingerprint density at radius 3 is 2.35 bits per heavy atom. The Kier molecular flexibility index (Phi) is 6.10. The topological polar surface area (TPSA) is 72.2 Å². The summed E-state index contributed by atoms with van der Waals surface area (Å²) in [6, 6.07) is 6.66. The summed E-state index contributed by atoms with van der Waals surface area (Å²) in [6.45, 7) is 3.71. The van der Waals surface area contributed by atoms with Crippen molar-refractivity contribution in [1.29, 1.82) is 0 Å². The fraction of sp³-hybridized carbons (Fsp3) is 0.400.